The summed E-state index contributed by atoms with van der Waals surface area (Å²) in [6.45, 7) is 0. The van der Waals surface area contributed by atoms with Crippen molar-refractivity contribution in [3.63, 3.8) is 0 Å². The van der Waals surface area contributed by atoms with Crippen molar-refractivity contribution in [1.29, 1.82) is 0 Å². The van der Waals surface area contributed by atoms with E-state index in [0.29, 0.717) is 5.57 Å². The van der Waals surface area contributed by atoms with Crippen molar-refractivity contribution in [1.82, 2.24) is 0 Å². The highest BCUT2D eigenvalue weighted by atomic mass is 32.1. The van der Waals surface area contributed by atoms with Crippen LogP contribution in [0.5, 0.6) is 0 Å². The van der Waals surface area contributed by atoms with Gasteiger partial charge in [-0.2, -0.15) is 12.6 Å². The Balaban J connectivity index is 2.92. The van der Waals surface area contributed by atoms with Crippen molar-refractivity contribution in [3.8, 4) is 0 Å². The number of benzene rings is 1. The topological polar surface area (TPSA) is 37.3 Å². The van der Waals surface area contributed by atoms with Crippen molar-refractivity contribution < 1.29 is 9.90 Å². The van der Waals surface area contributed by atoms with Gasteiger partial charge in [0.2, 0.25) is 0 Å². The normalized spacial score (nSPS) is 11.3. The van der Waals surface area contributed by atoms with Gasteiger partial charge < -0.3 is 5.11 Å². The fraction of sp³-hybridized carbons (Fsp3) is 0.100. The summed E-state index contributed by atoms with van der Waals surface area (Å²) in [6.07, 6.45) is 1.62. The van der Waals surface area contributed by atoms with Crippen molar-refractivity contribution in [3.05, 3.63) is 41.5 Å². The molecule has 0 aliphatic heterocycles. The summed E-state index contributed by atoms with van der Waals surface area (Å²) in [5, 5.41) is 8.72. The van der Waals surface area contributed by atoms with Crippen LogP contribution in [0.4, 0.5) is 0 Å². The molecule has 1 rings (SSSR count). The van der Waals surface area contributed by atoms with Gasteiger partial charge in [0.15, 0.2) is 0 Å². The highest BCUT2D eigenvalue weighted by Gasteiger charge is 2.03. The van der Waals surface area contributed by atoms with Gasteiger partial charge in [0.1, 0.15) is 0 Å². The van der Waals surface area contributed by atoms with Gasteiger partial charge in [0, 0.05) is 11.3 Å². The molecule has 0 spiro atoms. The fourth-order valence-electron chi connectivity index (χ4n) is 0.925. The van der Waals surface area contributed by atoms with E-state index in [9.17, 15) is 4.79 Å². The number of hydrogen-bond donors (Lipinski definition) is 2. The molecule has 0 atom stereocenters. The number of thiol groups is 1. The smallest absolute Gasteiger partial charge is 0.332 e. The Morgan fingerprint density at radius 1 is 1.38 bits per heavy atom. The number of hydrogen-bond acceptors (Lipinski definition) is 2. The molecule has 1 N–H and O–H groups in total. The van der Waals surface area contributed by atoms with E-state index in [1.807, 2.05) is 30.3 Å². The first-order chi connectivity index (χ1) is 6.24. The molecule has 0 saturated heterocycles. The molecule has 0 unspecified atom stereocenters. The highest BCUT2D eigenvalue weighted by molar-refractivity contribution is 7.80. The van der Waals surface area contributed by atoms with Crippen LogP contribution in [0.3, 0.4) is 0 Å². The SMILES string of the molecule is O=C(O)/C(=C/c1ccccc1)CS. The van der Waals surface area contributed by atoms with Gasteiger partial charge in [-0.15, -0.1) is 0 Å². The molecule has 13 heavy (non-hydrogen) atoms. The second-order valence-corrected chi connectivity index (χ2v) is 2.86. The standard InChI is InChI=1S/C10H10O2S/c11-10(12)9(7-13)6-8-4-2-1-3-5-8/h1-6,13H,7H2,(H,11,12)/b9-6+. The lowest BCUT2D eigenvalue weighted by molar-refractivity contribution is -0.132. The lowest BCUT2D eigenvalue weighted by Gasteiger charge is -1.97. The number of carboxylic acid groups (broad SMARTS) is 1. The number of aliphatic carboxylic acids is 1. The molecule has 3 heteroatoms. The van der Waals surface area contributed by atoms with Crippen LogP contribution in [-0.4, -0.2) is 16.8 Å². The molecule has 0 aromatic heterocycles. The molecule has 1 aromatic rings. The molecule has 0 fully saturated rings. The zero-order valence-corrected chi connectivity index (χ0v) is 7.87. The summed E-state index contributed by atoms with van der Waals surface area (Å²) < 4.78 is 0. The largest absolute Gasteiger partial charge is 0.478 e. The maximum absolute atomic E-state index is 10.6. The fourth-order valence-corrected chi connectivity index (χ4v) is 1.15. The van der Waals surface area contributed by atoms with E-state index < -0.39 is 5.97 Å². The third-order valence-corrected chi connectivity index (χ3v) is 1.93. The van der Waals surface area contributed by atoms with E-state index >= 15 is 0 Å². The molecule has 0 radical (unpaired) electrons. The Morgan fingerprint density at radius 3 is 2.46 bits per heavy atom. The van der Waals surface area contributed by atoms with Crippen LogP contribution in [-0.2, 0) is 4.79 Å². The summed E-state index contributed by atoms with van der Waals surface area (Å²) in [5.41, 5.74) is 1.18. The Morgan fingerprint density at radius 2 is 2.00 bits per heavy atom. The van der Waals surface area contributed by atoms with Gasteiger partial charge >= 0.3 is 5.97 Å². The maximum Gasteiger partial charge on any atom is 0.332 e. The minimum atomic E-state index is -0.918. The predicted molar refractivity (Wildman–Crippen MR) is 55.9 cm³/mol. The lowest BCUT2D eigenvalue weighted by Crippen LogP contribution is -2.01. The minimum absolute atomic E-state index is 0.240. The predicted octanol–water partition coefficient (Wildman–Crippen LogP) is 2.08. The van der Waals surface area contributed by atoms with E-state index in [4.69, 9.17) is 5.11 Å². The zero-order chi connectivity index (χ0) is 9.68. The van der Waals surface area contributed by atoms with E-state index in [2.05, 4.69) is 12.6 Å². The van der Waals surface area contributed by atoms with Gasteiger partial charge in [0.05, 0.1) is 0 Å². The first kappa shape index (κ1) is 9.86. The second-order valence-electron chi connectivity index (χ2n) is 2.54. The Kier molecular flexibility index (Phi) is 3.58. The highest BCUT2D eigenvalue weighted by Crippen LogP contribution is 2.07. The molecule has 2 nitrogen and oxygen atoms in total. The van der Waals surface area contributed by atoms with Crippen LogP contribution < -0.4 is 0 Å². The van der Waals surface area contributed by atoms with Gasteiger partial charge in [0.25, 0.3) is 0 Å². The van der Waals surface area contributed by atoms with E-state index in [1.54, 1.807) is 6.08 Å². The summed E-state index contributed by atoms with van der Waals surface area (Å²) in [6, 6.07) is 9.32. The Bertz CT molecular complexity index is 317. The second kappa shape index (κ2) is 4.72. The van der Waals surface area contributed by atoms with E-state index in [0.717, 1.165) is 5.56 Å². The van der Waals surface area contributed by atoms with Crippen LogP contribution in [0.25, 0.3) is 6.08 Å². The third kappa shape index (κ3) is 2.95. The van der Waals surface area contributed by atoms with Gasteiger partial charge in [-0.05, 0) is 11.6 Å². The first-order valence-corrected chi connectivity index (χ1v) is 4.47. The third-order valence-electron chi connectivity index (χ3n) is 1.59. The average molecular weight is 194 g/mol. The number of rotatable bonds is 3. The molecular formula is C10H10O2S. The first-order valence-electron chi connectivity index (χ1n) is 3.84. The number of carbonyl (C=O) groups is 1. The number of carboxylic acids is 1. The molecule has 0 heterocycles. The lowest BCUT2D eigenvalue weighted by atomic mass is 10.1. The molecule has 0 amide bonds. The Hall–Kier alpha value is -1.22. The van der Waals surface area contributed by atoms with Gasteiger partial charge in [-0.1, -0.05) is 30.3 Å². The van der Waals surface area contributed by atoms with Crippen LogP contribution in [0, 0.1) is 0 Å². The van der Waals surface area contributed by atoms with Gasteiger partial charge in [-0.25, -0.2) is 4.79 Å². The molecular weight excluding hydrogens is 184 g/mol. The molecule has 0 saturated carbocycles. The molecule has 1 aromatic carbocycles. The maximum atomic E-state index is 10.6. The summed E-state index contributed by atoms with van der Waals surface area (Å²) in [7, 11) is 0. The van der Waals surface area contributed by atoms with Crippen LogP contribution in [0.2, 0.25) is 0 Å². The zero-order valence-electron chi connectivity index (χ0n) is 6.97. The van der Waals surface area contributed by atoms with Crippen molar-refractivity contribution in [2.45, 2.75) is 0 Å². The van der Waals surface area contributed by atoms with Crippen LogP contribution in [0.15, 0.2) is 35.9 Å². The van der Waals surface area contributed by atoms with E-state index in [-0.39, 0.29) is 5.75 Å². The van der Waals surface area contributed by atoms with Gasteiger partial charge in [-0.3, -0.25) is 0 Å². The molecule has 68 valence electrons. The quantitative estimate of drug-likeness (QED) is 0.571. The average Bonchev–Trinajstić information content (AvgIpc) is 2.15. The van der Waals surface area contributed by atoms with Crippen molar-refractivity contribution in [2.24, 2.45) is 0 Å². The van der Waals surface area contributed by atoms with Crippen molar-refractivity contribution in [2.75, 3.05) is 5.75 Å². The van der Waals surface area contributed by atoms with E-state index in [1.165, 1.54) is 0 Å². The van der Waals surface area contributed by atoms with Crippen LogP contribution >= 0.6 is 12.6 Å². The summed E-state index contributed by atoms with van der Waals surface area (Å²) in [4.78, 5) is 10.6. The van der Waals surface area contributed by atoms with Crippen LogP contribution in [0.1, 0.15) is 5.56 Å². The molecule has 0 aliphatic carbocycles. The monoisotopic (exact) mass is 194 g/mol. The molecule has 0 aliphatic rings. The molecule has 0 bridgehead atoms. The Labute approximate surface area is 82.3 Å². The summed E-state index contributed by atoms with van der Waals surface area (Å²) >= 11 is 3.94. The minimum Gasteiger partial charge on any atom is -0.478 e. The van der Waals surface area contributed by atoms with Crippen molar-refractivity contribution >= 4 is 24.7 Å². The summed E-state index contributed by atoms with van der Waals surface area (Å²) in [5.74, 6) is -0.677.